The van der Waals surface area contributed by atoms with E-state index in [-0.39, 0.29) is 16.8 Å². The molecule has 1 amide bonds. The maximum Gasteiger partial charge on any atom is 0.251 e. The topological polar surface area (TPSA) is 88.2 Å². The summed E-state index contributed by atoms with van der Waals surface area (Å²) in [5.74, 6) is 0.395. The van der Waals surface area contributed by atoms with Gasteiger partial charge in [-0.1, -0.05) is 12.1 Å². The second-order valence-electron chi connectivity index (χ2n) is 5.22. The Kier molecular flexibility index (Phi) is 5.00. The zero-order valence-electron chi connectivity index (χ0n) is 13.2. The van der Waals surface area contributed by atoms with E-state index in [1.165, 1.54) is 0 Å². The average molecular weight is 333 g/mol. The van der Waals surface area contributed by atoms with Gasteiger partial charge >= 0.3 is 0 Å². The van der Waals surface area contributed by atoms with Crippen molar-refractivity contribution >= 4 is 21.6 Å². The number of carbonyl (C=O) groups excluding carboxylic acids is 1. The van der Waals surface area contributed by atoms with Gasteiger partial charge in [-0.2, -0.15) is 0 Å². The highest BCUT2D eigenvalue weighted by atomic mass is 32.2. The molecule has 0 spiro atoms. The molecule has 0 saturated carbocycles. The molecule has 0 aliphatic carbocycles. The van der Waals surface area contributed by atoms with Gasteiger partial charge in [0.2, 0.25) is 0 Å². The third-order valence-electron chi connectivity index (χ3n) is 3.43. The molecule has 2 rings (SSSR count). The quantitative estimate of drug-likeness (QED) is 0.874. The van der Waals surface area contributed by atoms with Crippen molar-refractivity contribution in [1.82, 2.24) is 10.3 Å². The monoisotopic (exact) mass is 333 g/mol. The summed E-state index contributed by atoms with van der Waals surface area (Å²) in [6.07, 6.45) is 2.72. The van der Waals surface area contributed by atoms with Crippen molar-refractivity contribution in [2.75, 3.05) is 18.6 Å². The number of nitrogens with zero attached hydrogens (tertiary/aromatic N) is 1. The summed E-state index contributed by atoms with van der Waals surface area (Å²) in [6.45, 7) is 1.84. The zero-order chi connectivity index (χ0) is 17.0. The standard InChI is InChI=1S/C16H19N3O3S/c1-11(12-4-6-14(7-5-12)23(3,21)22)19-16(20)13-8-9-18-15(10-13)17-2/h4-11H,1-3H3,(H,17,18)(H,19,20)/t11-/m0/s1. The molecule has 0 unspecified atom stereocenters. The Bertz CT molecular complexity index is 802. The Balaban J connectivity index is 2.11. The van der Waals surface area contributed by atoms with Crippen molar-refractivity contribution in [3.63, 3.8) is 0 Å². The van der Waals surface area contributed by atoms with E-state index in [1.54, 1.807) is 49.6 Å². The number of nitrogens with one attached hydrogen (secondary N) is 2. The molecule has 1 atom stereocenters. The molecule has 7 heteroatoms. The number of aromatic nitrogens is 1. The maximum absolute atomic E-state index is 12.3. The van der Waals surface area contributed by atoms with Crippen LogP contribution >= 0.6 is 0 Å². The molecule has 0 radical (unpaired) electrons. The van der Waals surface area contributed by atoms with Gasteiger partial charge in [-0.25, -0.2) is 13.4 Å². The van der Waals surface area contributed by atoms with E-state index in [1.807, 2.05) is 6.92 Å². The third-order valence-corrected chi connectivity index (χ3v) is 4.56. The van der Waals surface area contributed by atoms with Crippen molar-refractivity contribution in [3.05, 3.63) is 53.7 Å². The number of hydrogen-bond donors (Lipinski definition) is 2. The second-order valence-corrected chi connectivity index (χ2v) is 7.23. The molecule has 0 fully saturated rings. The lowest BCUT2D eigenvalue weighted by Crippen LogP contribution is -2.26. The molecule has 1 heterocycles. The number of hydrogen-bond acceptors (Lipinski definition) is 5. The van der Waals surface area contributed by atoms with Gasteiger partial charge in [-0.3, -0.25) is 4.79 Å². The Hall–Kier alpha value is -2.41. The molecule has 6 nitrogen and oxygen atoms in total. The van der Waals surface area contributed by atoms with Crippen molar-refractivity contribution < 1.29 is 13.2 Å². The fraction of sp³-hybridized carbons (Fsp3) is 0.250. The number of benzene rings is 1. The van der Waals surface area contributed by atoms with Crippen molar-refractivity contribution in [3.8, 4) is 0 Å². The number of carbonyl (C=O) groups is 1. The van der Waals surface area contributed by atoms with Crippen molar-refractivity contribution in [2.24, 2.45) is 0 Å². The summed E-state index contributed by atoms with van der Waals surface area (Å²) < 4.78 is 22.9. The molecule has 122 valence electrons. The van der Waals surface area contributed by atoms with E-state index in [4.69, 9.17) is 0 Å². The van der Waals surface area contributed by atoms with E-state index in [9.17, 15) is 13.2 Å². The zero-order valence-corrected chi connectivity index (χ0v) is 14.0. The van der Waals surface area contributed by atoms with Crippen LogP contribution < -0.4 is 10.6 Å². The minimum Gasteiger partial charge on any atom is -0.373 e. The van der Waals surface area contributed by atoms with Gasteiger partial charge in [0.05, 0.1) is 10.9 Å². The number of amides is 1. The van der Waals surface area contributed by atoms with Crippen LogP contribution in [-0.4, -0.2) is 32.6 Å². The van der Waals surface area contributed by atoms with Crippen molar-refractivity contribution in [1.29, 1.82) is 0 Å². The van der Waals surface area contributed by atoms with E-state index in [0.717, 1.165) is 11.8 Å². The molecule has 0 aliphatic heterocycles. The minimum absolute atomic E-state index is 0.219. The number of anilines is 1. The molecule has 2 aromatic rings. The fourth-order valence-corrected chi connectivity index (χ4v) is 2.71. The van der Waals surface area contributed by atoms with Crippen LogP contribution in [0.25, 0.3) is 0 Å². The highest BCUT2D eigenvalue weighted by Gasteiger charge is 2.13. The van der Waals surface area contributed by atoms with Crippen LogP contribution in [0.5, 0.6) is 0 Å². The van der Waals surface area contributed by atoms with E-state index in [0.29, 0.717) is 11.4 Å². The van der Waals surface area contributed by atoms with Gasteiger partial charge in [-0.05, 0) is 36.8 Å². The summed E-state index contributed by atoms with van der Waals surface area (Å²) >= 11 is 0. The fourth-order valence-electron chi connectivity index (χ4n) is 2.08. The van der Waals surface area contributed by atoms with Gasteiger partial charge < -0.3 is 10.6 Å². The first kappa shape index (κ1) is 17.0. The van der Waals surface area contributed by atoms with Crippen LogP contribution in [0.2, 0.25) is 0 Å². The lowest BCUT2D eigenvalue weighted by molar-refractivity contribution is 0.0940. The van der Waals surface area contributed by atoms with Gasteiger partial charge in [-0.15, -0.1) is 0 Å². The predicted octanol–water partition coefficient (Wildman–Crippen LogP) is 2.02. The normalized spacial score (nSPS) is 12.5. The summed E-state index contributed by atoms with van der Waals surface area (Å²) in [5.41, 5.74) is 1.33. The lowest BCUT2D eigenvalue weighted by Gasteiger charge is -2.15. The van der Waals surface area contributed by atoms with Crippen molar-refractivity contribution in [2.45, 2.75) is 17.9 Å². The molecule has 2 N–H and O–H groups in total. The summed E-state index contributed by atoms with van der Waals surface area (Å²) in [6, 6.07) is 9.53. The maximum atomic E-state index is 12.3. The highest BCUT2D eigenvalue weighted by molar-refractivity contribution is 7.90. The van der Waals surface area contributed by atoms with Crippen LogP contribution in [-0.2, 0) is 9.84 Å². The minimum atomic E-state index is -3.22. The number of sulfone groups is 1. The first-order chi connectivity index (χ1) is 10.8. The molecule has 0 saturated heterocycles. The van der Waals surface area contributed by atoms with Gasteiger partial charge in [0.25, 0.3) is 5.91 Å². The molecule has 1 aromatic heterocycles. The SMILES string of the molecule is CNc1cc(C(=O)N[C@@H](C)c2ccc(S(C)(=O)=O)cc2)ccn1. The highest BCUT2D eigenvalue weighted by Crippen LogP contribution is 2.17. The van der Waals surface area contributed by atoms with Crippen LogP contribution in [0.4, 0.5) is 5.82 Å². The Morgan fingerprint density at radius 1 is 1.17 bits per heavy atom. The first-order valence-electron chi connectivity index (χ1n) is 7.06. The average Bonchev–Trinajstić information content (AvgIpc) is 2.54. The van der Waals surface area contributed by atoms with E-state index < -0.39 is 9.84 Å². The van der Waals surface area contributed by atoms with Crippen LogP contribution in [0.1, 0.15) is 28.9 Å². The Labute approximate surface area is 135 Å². The van der Waals surface area contributed by atoms with Gasteiger partial charge in [0.1, 0.15) is 5.82 Å². The number of pyridine rings is 1. The van der Waals surface area contributed by atoms with Crippen LogP contribution in [0, 0.1) is 0 Å². The molecule has 0 aliphatic rings. The smallest absolute Gasteiger partial charge is 0.251 e. The van der Waals surface area contributed by atoms with E-state index >= 15 is 0 Å². The molecule has 0 bridgehead atoms. The molecular weight excluding hydrogens is 314 g/mol. The molecule has 1 aromatic carbocycles. The van der Waals surface area contributed by atoms with E-state index in [2.05, 4.69) is 15.6 Å². The first-order valence-corrected chi connectivity index (χ1v) is 8.95. The van der Waals surface area contributed by atoms with Crippen LogP contribution in [0.3, 0.4) is 0 Å². The summed E-state index contributed by atoms with van der Waals surface area (Å²) in [7, 11) is -1.49. The van der Waals surface area contributed by atoms with Gasteiger partial charge in [0, 0.05) is 25.1 Å². The second kappa shape index (κ2) is 6.78. The van der Waals surface area contributed by atoms with Gasteiger partial charge in [0.15, 0.2) is 9.84 Å². The Morgan fingerprint density at radius 2 is 1.83 bits per heavy atom. The summed E-state index contributed by atoms with van der Waals surface area (Å²) in [4.78, 5) is 16.6. The molecule has 23 heavy (non-hydrogen) atoms. The molecular formula is C16H19N3O3S. The largest absolute Gasteiger partial charge is 0.373 e. The summed E-state index contributed by atoms with van der Waals surface area (Å²) in [5, 5.41) is 5.76. The van der Waals surface area contributed by atoms with Crippen LogP contribution in [0.15, 0.2) is 47.5 Å². The Morgan fingerprint density at radius 3 is 2.39 bits per heavy atom. The lowest BCUT2D eigenvalue weighted by atomic mass is 10.1. The number of rotatable bonds is 5. The third kappa shape index (κ3) is 4.29. The predicted molar refractivity (Wildman–Crippen MR) is 89.2 cm³/mol.